The summed E-state index contributed by atoms with van der Waals surface area (Å²) >= 11 is 0. The van der Waals surface area contributed by atoms with Crippen molar-refractivity contribution in [2.24, 2.45) is 0 Å². The van der Waals surface area contributed by atoms with Crippen molar-refractivity contribution in [3.63, 3.8) is 0 Å². The Balaban J connectivity index is 4.27. The van der Waals surface area contributed by atoms with Crippen LogP contribution in [-0.2, 0) is 32.7 Å². The van der Waals surface area contributed by atoms with Crippen LogP contribution in [0.4, 0.5) is 0 Å². The molecule has 0 amide bonds. The monoisotopic (exact) mass is 780 g/mol. The van der Waals surface area contributed by atoms with Crippen LogP contribution in [0, 0.1) is 0 Å². The van der Waals surface area contributed by atoms with E-state index >= 15 is 0 Å². The molecule has 0 N–H and O–H groups in total. The molecule has 312 valence electrons. The van der Waals surface area contributed by atoms with Gasteiger partial charge in [0, 0.05) is 12.8 Å². The van der Waals surface area contributed by atoms with Crippen LogP contribution in [0.5, 0.6) is 0 Å². The van der Waals surface area contributed by atoms with Gasteiger partial charge in [0.15, 0.2) is 6.10 Å². The lowest BCUT2D eigenvalue weighted by atomic mass is 10.1. The summed E-state index contributed by atoms with van der Waals surface area (Å²) in [5, 5.41) is 0. The van der Waals surface area contributed by atoms with Crippen LogP contribution in [0.3, 0.4) is 0 Å². The Bertz CT molecular complexity index is 1110. The number of hydrogen-bond donors (Lipinski definition) is 0. The van der Waals surface area contributed by atoms with E-state index in [4.69, 9.17) is 18.5 Å². The maximum Gasteiger partial charge on any atom is 0.306 e. The maximum atomic E-state index is 12.6. The fourth-order valence-corrected chi connectivity index (χ4v) is 6.00. The topological polar surface area (TPSA) is 111 Å². The molecular formula is C44H78NO8P. The first-order valence-electron chi connectivity index (χ1n) is 21.0. The summed E-state index contributed by atoms with van der Waals surface area (Å²) in [5.41, 5.74) is 0. The highest BCUT2D eigenvalue weighted by Gasteiger charge is 2.21. The number of nitrogens with zero attached hydrogens (tertiary/aromatic N) is 1. The average Bonchev–Trinajstić information content (AvgIpc) is 3.12. The SMILES string of the molecule is CC/C=C\C/C=C\C/C=C\C/C=C\C/C=C\CCCCCCCCCC(=O)OC(COC(=O)CCCCCCCCC)COP(=O)([O-])OCC[N+](C)(C)C. The third-order valence-electron chi connectivity index (χ3n) is 8.55. The minimum Gasteiger partial charge on any atom is -0.756 e. The van der Waals surface area contributed by atoms with Crippen LogP contribution < -0.4 is 4.89 Å². The smallest absolute Gasteiger partial charge is 0.306 e. The third kappa shape index (κ3) is 39.4. The van der Waals surface area contributed by atoms with E-state index < -0.39 is 32.5 Å². The van der Waals surface area contributed by atoms with Crippen molar-refractivity contribution < 1.29 is 42.1 Å². The van der Waals surface area contributed by atoms with Crippen molar-refractivity contribution in [1.82, 2.24) is 0 Å². The van der Waals surface area contributed by atoms with E-state index in [9.17, 15) is 19.0 Å². The Morgan fingerprint density at radius 2 is 1.06 bits per heavy atom. The van der Waals surface area contributed by atoms with Gasteiger partial charge in [-0.3, -0.25) is 14.2 Å². The fraction of sp³-hybridized carbons (Fsp3) is 0.727. The van der Waals surface area contributed by atoms with E-state index in [1.165, 1.54) is 38.5 Å². The van der Waals surface area contributed by atoms with Gasteiger partial charge in [0.1, 0.15) is 19.8 Å². The van der Waals surface area contributed by atoms with E-state index in [-0.39, 0.29) is 26.1 Å². The summed E-state index contributed by atoms with van der Waals surface area (Å²) in [4.78, 5) is 37.3. The van der Waals surface area contributed by atoms with Crippen molar-refractivity contribution >= 4 is 19.8 Å². The number of quaternary nitrogens is 1. The van der Waals surface area contributed by atoms with Gasteiger partial charge in [0.2, 0.25) is 0 Å². The first kappa shape index (κ1) is 51.7. The molecule has 0 aliphatic rings. The Kier molecular flexibility index (Phi) is 34.8. The highest BCUT2D eigenvalue weighted by molar-refractivity contribution is 7.45. The second-order valence-corrected chi connectivity index (χ2v) is 16.4. The fourth-order valence-electron chi connectivity index (χ4n) is 5.27. The van der Waals surface area contributed by atoms with Gasteiger partial charge in [-0.25, -0.2) is 0 Å². The standard InChI is InChI=1S/C44H78NO8P/c1-6-8-10-12-14-15-16-17-18-19-20-21-22-23-24-25-26-27-28-29-31-33-35-37-44(47)53-42(41-52-54(48,49)51-39-38-45(3,4)5)40-50-43(46)36-34-32-30-13-11-9-7-2/h8,10,14-15,17-18,20-21,23-24,42H,6-7,9,11-13,16,19,22,25-41H2,1-5H3/b10-8-,15-14-,18-17-,21-20-,24-23-. The van der Waals surface area contributed by atoms with Gasteiger partial charge < -0.3 is 27.9 Å². The number of phosphoric ester groups is 1. The van der Waals surface area contributed by atoms with Crippen LogP contribution >= 0.6 is 7.82 Å². The van der Waals surface area contributed by atoms with Crippen molar-refractivity contribution in [1.29, 1.82) is 0 Å². The van der Waals surface area contributed by atoms with Crippen LogP contribution in [-0.4, -0.2) is 70.0 Å². The van der Waals surface area contributed by atoms with Crippen molar-refractivity contribution in [3.05, 3.63) is 60.8 Å². The predicted molar refractivity (Wildman–Crippen MR) is 222 cm³/mol. The number of carbonyl (C=O) groups excluding carboxylic acids is 2. The summed E-state index contributed by atoms with van der Waals surface area (Å²) in [6.07, 6.45) is 42.7. The average molecular weight is 780 g/mol. The lowest BCUT2D eigenvalue weighted by Gasteiger charge is -2.28. The first-order valence-corrected chi connectivity index (χ1v) is 22.5. The van der Waals surface area contributed by atoms with Gasteiger partial charge in [-0.15, -0.1) is 0 Å². The van der Waals surface area contributed by atoms with Crippen molar-refractivity contribution in [2.75, 3.05) is 47.5 Å². The number of esters is 2. The van der Waals surface area contributed by atoms with Crippen molar-refractivity contribution in [2.45, 2.75) is 161 Å². The molecule has 0 saturated carbocycles. The minimum absolute atomic E-state index is 0.0353. The second-order valence-electron chi connectivity index (χ2n) is 15.0. The molecule has 54 heavy (non-hydrogen) atoms. The Hall–Kier alpha value is -2.29. The first-order chi connectivity index (χ1) is 26.0. The van der Waals surface area contributed by atoms with Crippen LogP contribution in [0.25, 0.3) is 0 Å². The van der Waals surface area contributed by atoms with Crippen molar-refractivity contribution in [3.8, 4) is 0 Å². The summed E-state index contributed by atoms with van der Waals surface area (Å²) in [6, 6.07) is 0. The quantitative estimate of drug-likeness (QED) is 0.0201. The molecule has 2 atom stereocenters. The molecule has 0 aliphatic carbocycles. The molecule has 0 fully saturated rings. The Morgan fingerprint density at radius 3 is 1.57 bits per heavy atom. The zero-order chi connectivity index (χ0) is 40.0. The largest absolute Gasteiger partial charge is 0.756 e. The molecule has 0 aromatic rings. The highest BCUT2D eigenvalue weighted by Crippen LogP contribution is 2.38. The molecule has 2 unspecified atom stereocenters. The van der Waals surface area contributed by atoms with Gasteiger partial charge in [0.05, 0.1) is 27.7 Å². The number of carbonyl (C=O) groups is 2. The number of allylic oxidation sites excluding steroid dienone is 10. The number of unbranched alkanes of at least 4 members (excludes halogenated alkanes) is 13. The van der Waals surface area contributed by atoms with Gasteiger partial charge in [-0.2, -0.15) is 0 Å². The van der Waals surface area contributed by atoms with E-state index in [0.29, 0.717) is 17.4 Å². The molecule has 10 heteroatoms. The third-order valence-corrected chi connectivity index (χ3v) is 9.52. The van der Waals surface area contributed by atoms with Gasteiger partial charge >= 0.3 is 11.9 Å². The Morgan fingerprint density at radius 1 is 0.593 bits per heavy atom. The zero-order valence-corrected chi connectivity index (χ0v) is 35.8. The predicted octanol–water partition coefficient (Wildman–Crippen LogP) is 11.1. The van der Waals surface area contributed by atoms with Gasteiger partial charge in [-0.05, 0) is 57.8 Å². The molecule has 9 nitrogen and oxygen atoms in total. The van der Waals surface area contributed by atoms with E-state index in [1.807, 2.05) is 21.1 Å². The van der Waals surface area contributed by atoms with Crippen LogP contribution in [0.1, 0.15) is 155 Å². The lowest BCUT2D eigenvalue weighted by Crippen LogP contribution is -2.37. The molecule has 0 radical (unpaired) electrons. The molecule has 0 heterocycles. The number of hydrogen-bond acceptors (Lipinski definition) is 8. The summed E-state index contributed by atoms with van der Waals surface area (Å²) in [6.45, 7) is 4.03. The minimum atomic E-state index is -4.62. The molecule has 0 aromatic carbocycles. The lowest BCUT2D eigenvalue weighted by molar-refractivity contribution is -0.870. The highest BCUT2D eigenvalue weighted by atomic mass is 31.2. The second kappa shape index (κ2) is 36.4. The van der Waals surface area contributed by atoms with Crippen LogP contribution in [0.15, 0.2) is 60.8 Å². The van der Waals surface area contributed by atoms with E-state index in [2.05, 4.69) is 74.6 Å². The maximum absolute atomic E-state index is 12.6. The number of rotatable bonds is 37. The summed E-state index contributed by atoms with van der Waals surface area (Å²) in [5.74, 6) is -0.859. The van der Waals surface area contributed by atoms with Crippen LogP contribution in [0.2, 0.25) is 0 Å². The molecule has 0 bridgehead atoms. The zero-order valence-electron chi connectivity index (χ0n) is 34.9. The van der Waals surface area contributed by atoms with Gasteiger partial charge in [-0.1, -0.05) is 145 Å². The molecular weight excluding hydrogens is 701 g/mol. The molecule has 0 spiro atoms. The molecule has 0 saturated heterocycles. The molecule has 0 rings (SSSR count). The van der Waals surface area contributed by atoms with Gasteiger partial charge in [0.25, 0.3) is 7.82 Å². The number of phosphoric acid groups is 1. The number of likely N-dealkylation sites (N-methyl/N-ethyl adjacent to an activating group) is 1. The number of ether oxygens (including phenoxy) is 2. The molecule has 0 aliphatic heterocycles. The summed E-state index contributed by atoms with van der Waals surface area (Å²) < 4.78 is 33.7. The van der Waals surface area contributed by atoms with E-state index in [1.54, 1.807) is 0 Å². The summed E-state index contributed by atoms with van der Waals surface area (Å²) in [7, 11) is 1.15. The Labute approximate surface area is 330 Å². The molecule has 0 aromatic heterocycles. The normalized spacial score (nSPS) is 14.3. The van der Waals surface area contributed by atoms with E-state index in [0.717, 1.165) is 83.5 Å².